The Hall–Kier alpha value is -0.760. The molecule has 1 N–H and O–H groups in total. The molecule has 0 amide bonds. The van der Waals surface area contributed by atoms with Gasteiger partial charge in [-0.15, -0.1) is 0 Å². The molecule has 2 nitrogen and oxygen atoms in total. The average molecular weight is 306 g/mol. The highest BCUT2D eigenvalue weighted by Gasteiger charge is 2.27. The summed E-state index contributed by atoms with van der Waals surface area (Å²) in [6.07, 6.45) is 3.48. The van der Waals surface area contributed by atoms with Crippen molar-refractivity contribution in [3.8, 4) is 0 Å². The van der Waals surface area contributed by atoms with Crippen molar-refractivity contribution in [3.63, 3.8) is 0 Å². The molecule has 1 unspecified atom stereocenters. The number of rotatable bonds is 6. The molecule has 2 aliphatic rings. The summed E-state index contributed by atoms with van der Waals surface area (Å²) in [6.45, 7) is 17.1. The number of hydrogen-bond acceptors (Lipinski definition) is 2. The van der Waals surface area contributed by atoms with E-state index in [1.54, 1.807) is 16.7 Å². The molecular formula is C20H35NO. The van der Waals surface area contributed by atoms with Gasteiger partial charge in [0.15, 0.2) is 0 Å². The quantitative estimate of drug-likeness (QED) is 0.703. The van der Waals surface area contributed by atoms with E-state index in [4.69, 9.17) is 4.74 Å². The third kappa shape index (κ3) is 3.95. The van der Waals surface area contributed by atoms with Crippen LogP contribution < -0.4 is 5.32 Å². The lowest BCUT2D eigenvalue weighted by atomic mass is 9.78. The molecule has 1 atom stereocenters. The second-order valence-electron chi connectivity index (χ2n) is 7.86. The average Bonchev–Trinajstić information content (AvgIpc) is 2.92. The summed E-state index contributed by atoms with van der Waals surface area (Å²) < 4.78 is 5.93. The van der Waals surface area contributed by atoms with Gasteiger partial charge in [0.1, 0.15) is 0 Å². The van der Waals surface area contributed by atoms with Crippen molar-refractivity contribution in [2.45, 2.75) is 60.8 Å². The molecule has 0 fully saturated rings. The molecule has 126 valence electrons. The Morgan fingerprint density at radius 2 is 1.68 bits per heavy atom. The predicted molar refractivity (Wildman–Crippen MR) is 94.7 cm³/mol. The smallest absolute Gasteiger partial charge is 0.0955 e. The minimum atomic E-state index is 0.633. The summed E-state index contributed by atoms with van der Waals surface area (Å²) in [6, 6.07) is 0. The van der Waals surface area contributed by atoms with E-state index in [-0.39, 0.29) is 0 Å². The molecule has 0 aliphatic carbocycles. The molecule has 0 spiro atoms. The van der Waals surface area contributed by atoms with E-state index in [0.717, 1.165) is 32.5 Å². The number of allylic oxidation sites excluding steroid dienone is 1. The lowest BCUT2D eigenvalue weighted by Gasteiger charge is -2.34. The molecule has 0 aromatic heterocycles. The fourth-order valence-corrected chi connectivity index (χ4v) is 4.16. The van der Waals surface area contributed by atoms with Crippen molar-refractivity contribution >= 4 is 0 Å². The molecule has 22 heavy (non-hydrogen) atoms. The van der Waals surface area contributed by atoms with Crippen LogP contribution in [0.3, 0.4) is 0 Å². The molecule has 0 saturated heterocycles. The van der Waals surface area contributed by atoms with Gasteiger partial charge < -0.3 is 10.1 Å². The number of hydrogen-bond donors (Lipinski definition) is 1. The van der Waals surface area contributed by atoms with E-state index < -0.39 is 0 Å². The first-order valence-electron chi connectivity index (χ1n) is 9.20. The predicted octanol–water partition coefficient (Wildman–Crippen LogP) is 4.93. The standard InChI is InChI=1S/C20H35NO/c1-13(2)17-9-10-22-19(17)8-7-16-11-21-12-18(14(3)4)20(16)15(5)6/h13-16,21H,7-12H2,1-6H3. The maximum Gasteiger partial charge on any atom is 0.0955 e. The zero-order chi connectivity index (χ0) is 16.3. The normalized spacial score (nSPS) is 23.2. The number of ether oxygens (including phenoxy) is 1. The van der Waals surface area contributed by atoms with E-state index in [2.05, 4.69) is 46.9 Å². The zero-order valence-corrected chi connectivity index (χ0v) is 15.5. The van der Waals surface area contributed by atoms with Gasteiger partial charge in [-0.1, -0.05) is 52.7 Å². The summed E-state index contributed by atoms with van der Waals surface area (Å²) in [7, 11) is 0. The lowest BCUT2D eigenvalue weighted by Crippen LogP contribution is -2.36. The molecule has 2 rings (SSSR count). The van der Waals surface area contributed by atoms with Crippen LogP contribution in [0.5, 0.6) is 0 Å². The fourth-order valence-electron chi connectivity index (χ4n) is 4.16. The largest absolute Gasteiger partial charge is 0.498 e. The number of nitrogens with one attached hydrogen (secondary N) is 1. The first-order valence-corrected chi connectivity index (χ1v) is 9.20. The third-order valence-electron chi connectivity index (χ3n) is 5.26. The van der Waals surface area contributed by atoms with Crippen LogP contribution in [0.4, 0.5) is 0 Å². The second kappa shape index (κ2) is 7.68. The Balaban J connectivity index is 2.11. The minimum absolute atomic E-state index is 0.633. The second-order valence-corrected chi connectivity index (χ2v) is 7.86. The monoisotopic (exact) mass is 305 g/mol. The molecule has 0 aromatic carbocycles. The summed E-state index contributed by atoms with van der Waals surface area (Å²) in [5, 5.41) is 3.65. The van der Waals surface area contributed by atoms with Crippen molar-refractivity contribution in [3.05, 3.63) is 22.5 Å². The van der Waals surface area contributed by atoms with Crippen molar-refractivity contribution < 1.29 is 4.74 Å². The maximum absolute atomic E-state index is 5.93. The highest BCUT2D eigenvalue weighted by atomic mass is 16.5. The summed E-state index contributed by atoms with van der Waals surface area (Å²) in [5.41, 5.74) is 4.93. The van der Waals surface area contributed by atoms with Crippen molar-refractivity contribution in [2.75, 3.05) is 19.7 Å². The Kier molecular flexibility index (Phi) is 6.14. The van der Waals surface area contributed by atoms with Gasteiger partial charge in [0.25, 0.3) is 0 Å². The van der Waals surface area contributed by atoms with E-state index in [1.165, 1.54) is 12.2 Å². The van der Waals surface area contributed by atoms with Crippen LogP contribution >= 0.6 is 0 Å². The van der Waals surface area contributed by atoms with Crippen LogP contribution in [-0.2, 0) is 4.74 Å². The maximum atomic E-state index is 5.93. The van der Waals surface area contributed by atoms with Gasteiger partial charge in [-0.3, -0.25) is 0 Å². The summed E-state index contributed by atoms with van der Waals surface area (Å²) >= 11 is 0. The first-order chi connectivity index (χ1) is 10.4. The van der Waals surface area contributed by atoms with E-state index >= 15 is 0 Å². The lowest BCUT2D eigenvalue weighted by molar-refractivity contribution is 0.228. The molecule has 0 bridgehead atoms. The van der Waals surface area contributed by atoms with Gasteiger partial charge in [0.2, 0.25) is 0 Å². The summed E-state index contributed by atoms with van der Waals surface area (Å²) in [4.78, 5) is 0. The van der Waals surface area contributed by atoms with Crippen LogP contribution in [-0.4, -0.2) is 19.7 Å². The Morgan fingerprint density at radius 3 is 2.27 bits per heavy atom. The minimum Gasteiger partial charge on any atom is -0.498 e. The van der Waals surface area contributed by atoms with Crippen LogP contribution in [0, 0.1) is 23.7 Å². The molecule has 2 aliphatic heterocycles. The van der Waals surface area contributed by atoms with Gasteiger partial charge in [-0.25, -0.2) is 0 Å². The molecule has 2 heteroatoms. The molecule has 0 saturated carbocycles. The van der Waals surface area contributed by atoms with Crippen LogP contribution in [0.15, 0.2) is 22.5 Å². The van der Waals surface area contributed by atoms with Crippen molar-refractivity contribution in [2.24, 2.45) is 23.7 Å². The molecule has 2 heterocycles. The third-order valence-corrected chi connectivity index (χ3v) is 5.26. The Labute approximate surface area is 137 Å². The van der Waals surface area contributed by atoms with Gasteiger partial charge in [-0.2, -0.15) is 0 Å². The van der Waals surface area contributed by atoms with E-state index in [0.29, 0.717) is 23.7 Å². The topological polar surface area (TPSA) is 21.3 Å². The molecule has 0 radical (unpaired) electrons. The van der Waals surface area contributed by atoms with E-state index in [1.807, 2.05) is 0 Å². The first kappa shape index (κ1) is 17.6. The van der Waals surface area contributed by atoms with Crippen LogP contribution in [0.1, 0.15) is 60.8 Å². The van der Waals surface area contributed by atoms with Crippen molar-refractivity contribution in [1.29, 1.82) is 0 Å². The zero-order valence-electron chi connectivity index (χ0n) is 15.5. The van der Waals surface area contributed by atoms with Crippen LogP contribution in [0.25, 0.3) is 0 Å². The van der Waals surface area contributed by atoms with Gasteiger partial charge in [0, 0.05) is 25.9 Å². The van der Waals surface area contributed by atoms with Gasteiger partial charge in [0.05, 0.1) is 12.4 Å². The fraction of sp³-hybridized carbons (Fsp3) is 0.800. The van der Waals surface area contributed by atoms with E-state index in [9.17, 15) is 0 Å². The van der Waals surface area contributed by atoms with Crippen molar-refractivity contribution in [1.82, 2.24) is 5.32 Å². The Bertz CT molecular complexity index is 443. The van der Waals surface area contributed by atoms with Gasteiger partial charge >= 0.3 is 0 Å². The molecular weight excluding hydrogens is 270 g/mol. The van der Waals surface area contributed by atoms with Crippen LogP contribution in [0.2, 0.25) is 0 Å². The highest BCUT2D eigenvalue weighted by Crippen LogP contribution is 2.35. The Morgan fingerprint density at radius 1 is 1.00 bits per heavy atom. The van der Waals surface area contributed by atoms with Gasteiger partial charge in [-0.05, 0) is 35.7 Å². The summed E-state index contributed by atoms with van der Waals surface area (Å²) in [5.74, 6) is 3.92. The SMILES string of the molecule is CC(C)C1=C(CCC2CNCC(C(C)C)=C2C(C)C)OCC1. The molecule has 0 aromatic rings. The highest BCUT2D eigenvalue weighted by molar-refractivity contribution is 5.26.